The predicted molar refractivity (Wildman–Crippen MR) is 112 cm³/mol. The Hall–Kier alpha value is -2.27. The van der Waals surface area contributed by atoms with Gasteiger partial charge in [-0.05, 0) is 36.8 Å². The molecule has 0 aromatic heterocycles. The molecule has 0 atom stereocenters. The molecule has 1 fully saturated rings. The quantitative estimate of drug-likeness (QED) is 0.691. The molecule has 144 valence electrons. The number of ether oxygens (including phenoxy) is 3. The van der Waals surface area contributed by atoms with Crippen LogP contribution in [0.4, 0.5) is 0 Å². The zero-order chi connectivity index (χ0) is 19.2. The molecule has 3 rings (SSSR count). The highest BCUT2D eigenvalue weighted by Crippen LogP contribution is 2.36. The predicted octanol–water partition coefficient (Wildman–Crippen LogP) is 4.34. The van der Waals surface area contributed by atoms with E-state index in [0.717, 1.165) is 42.9 Å². The lowest BCUT2D eigenvalue weighted by molar-refractivity contribution is 0.268. The van der Waals surface area contributed by atoms with Crippen molar-refractivity contribution in [2.45, 2.75) is 19.3 Å². The molecule has 27 heavy (non-hydrogen) atoms. The molecule has 0 bridgehead atoms. The van der Waals surface area contributed by atoms with Crippen molar-refractivity contribution in [3.8, 4) is 17.2 Å². The number of rotatable bonds is 6. The van der Waals surface area contributed by atoms with Gasteiger partial charge in [-0.2, -0.15) is 0 Å². The number of likely N-dealkylation sites (tertiary alicyclic amines) is 1. The molecular formula is C22H27NO3S. The number of hydrogen-bond acceptors (Lipinski definition) is 4. The zero-order valence-electron chi connectivity index (χ0n) is 16.2. The van der Waals surface area contributed by atoms with Crippen LogP contribution in [0.15, 0.2) is 42.5 Å². The molecule has 0 amide bonds. The van der Waals surface area contributed by atoms with E-state index in [0.29, 0.717) is 23.2 Å². The largest absolute Gasteiger partial charge is 0.496 e. The SMILES string of the molecule is COc1cc(OC)c(C(=S)N2CCC(Cc3ccccc3)CC2)cc1OC. The molecule has 1 aliphatic heterocycles. The first kappa shape index (κ1) is 19.5. The number of methoxy groups -OCH3 is 3. The van der Waals surface area contributed by atoms with E-state index >= 15 is 0 Å². The molecule has 0 radical (unpaired) electrons. The van der Waals surface area contributed by atoms with Crippen molar-refractivity contribution in [3.63, 3.8) is 0 Å². The van der Waals surface area contributed by atoms with Crippen LogP contribution in [0, 0.1) is 5.92 Å². The number of hydrogen-bond donors (Lipinski definition) is 0. The van der Waals surface area contributed by atoms with Crippen molar-refractivity contribution in [1.82, 2.24) is 4.90 Å². The molecule has 4 nitrogen and oxygen atoms in total. The molecule has 5 heteroatoms. The maximum Gasteiger partial charge on any atom is 0.164 e. The first-order chi connectivity index (χ1) is 13.2. The van der Waals surface area contributed by atoms with E-state index in [1.165, 1.54) is 5.56 Å². The third-order valence-corrected chi connectivity index (χ3v) is 5.68. The van der Waals surface area contributed by atoms with Crippen molar-refractivity contribution in [1.29, 1.82) is 0 Å². The van der Waals surface area contributed by atoms with Gasteiger partial charge in [0, 0.05) is 19.2 Å². The van der Waals surface area contributed by atoms with Gasteiger partial charge < -0.3 is 19.1 Å². The first-order valence-electron chi connectivity index (χ1n) is 9.29. The summed E-state index contributed by atoms with van der Waals surface area (Å²) in [5.41, 5.74) is 2.30. The topological polar surface area (TPSA) is 30.9 Å². The van der Waals surface area contributed by atoms with Gasteiger partial charge in [0.15, 0.2) is 11.5 Å². The second kappa shape index (κ2) is 9.09. The fourth-order valence-electron chi connectivity index (χ4n) is 3.65. The Morgan fingerprint density at radius 2 is 1.52 bits per heavy atom. The third-order valence-electron chi connectivity index (χ3n) is 5.21. The van der Waals surface area contributed by atoms with Crippen LogP contribution in [0.5, 0.6) is 17.2 Å². The van der Waals surface area contributed by atoms with Gasteiger partial charge in [-0.3, -0.25) is 0 Å². The summed E-state index contributed by atoms with van der Waals surface area (Å²) in [6, 6.07) is 14.5. The summed E-state index contributed by atoms with van der Waals surface area (Å²) < 4.78 is 16.4. The summed E-state index contributed by atoms with van der Waals surface area (Å²) in [5, 5.41) is 0. The standard InChI is InChI=1S/C22H27NO3S/c1-24-19-15-21(26-3)20(25-2)14-18(19)22(27)23-11-9-17(10-12-23)13-16-7-5-4-6-8-16/h4-8,14-15,17H,9-13H2,1-3H3. The minimum Gasteiger partial charge on any atom is -0.496 e. The van der Waals surface area contributed by atoms with Crippen LogP contribution in [0.3, 0.4) is 0 Å². The molecule has 2 aromatic rings. The summed E-state index contributed by atoms with van der Waals surface area (Å²) in [6.07, 6.45) is 3.43. The van der Waals surface area contributed by atoms with E-state index in [4.69, 9.17) is 26.4 Å². The highest BCUT2D eigenvalue weighted by Gasteiger charge is 2.24. The lowest BCUT2D eigenvalue weighted by Gasteiger charge is -2.34. The Morgan fingerprint density at radius 1 is 0.926 bits per heavy atom. The molecule has 0 saturated carbocycles. The average Bonchev–Trinajstić information content (AvgIpc) is 2.73. The molecule has 0 aliphatic carbocycles. The van der Waals surface area contributed by atoms with Crippen LogP contribution in [-0.4, -0.2) is 44.3 Å². The molecular weight excluding hydrogens is 358 g/mol. The Bertz CT molecular complexity index is 771. The second-order valence-electron chi connectivity index (χ2n) is 6.83. The van der Waals surface area contributed by atoms with Crippen molar-refractivity contribution < 1.29 is 14.2 Å². The van der Waals surface area contributed by atoms with E-state index in [2.05, 4.69) is 35.2 Å². The Labute approximate surface area is 167 Å². The molecule has 0 unspecified atom stereocenters. The normalized spacial score (nSPS) is 14.7. The van der Waals surface area contributed by atoms with Gasteiger partial charge >= 0.3 is 0 Å². The van der Waals surface area contributed by atoms with Gasteiger partial charge in [0.1, 0.15) is 10.7 Å². The van der Waals surface area contributed by atoms with Crippen molar-refractivity contribution >= 4 is 17.2 Å². The van der Waals surface area contributed by atoms with E-state index in [1.807, 2.05) is 12.1 Å². The van der Waals surface area contributed by atoms with E-state index in [9.17, 15) is 0 Å². The highest BCUT2D eigenvalue weighted by molar-refractivity contribution is 7.80. The fourth-order valence-corrected chi connectivity index (χ4v) is 4.00. The van der Waals surface area contributed by atoms with Crippen LogP contribution >= 0.6 is 12.2 Å². The van der Waals surface area contributed by atoms with E-state index < -0.39 is 0 Å². The Balaban J connectivity index is 1.68. The van der Waals surface area contributed by atoms with Gasteiger partial charge in [-0.25, -0.2) is 0 Å². The highest BCUT2D eigenvalue weighted by atomic mass is 32.1. The average molecular weight is 386 g/mol. The van der Waals surface area contributed by atoms with Gasteiger partial charge in [-0.1, -0.05) is 42.5 Å². The number of thiocarbonyl (C=S) groups is 1. The summed E-state index contributed by atoms with van der Waals surface area (Å²) in [4.78, 5) is 3.09. The minimum absolute atomic E-state index is 0.641. The fraction of sp³-hybridized carbons (Fsp3) is 0.409. The molecule has 1 heterocycles. The number of benzene rings is 2. The molecule has 1 aliphatic rings. The Kier molecular flexibility index (Phi) is 6.56. The number of piperidine rings is 1. The lowest BCUT2D eigenvalue weighted by Crippen LogP contribution is -2.38. The first-order valence-corrected chi connectivity index (χ1v) is 9.70. The van der Waals surface area contributed by atoms with Crippen molar-refractivity contribution in [3.05, 3.63) is 53.6 Å². The van der Waals surface area contributed by atoms with Crippen molar-refractivity contribution in [2.75, 3.05) is 34.4 Å². The van der Waals surface area contributed by atoms with Crippen molar-refractivity contribution in [2.24, 2.45) is 5.92 Å². The lowest BCUT2D eigenvalue weighted by atomic mass is 9.90. The van der Waals surface area contributed by atoms with E-state index in [-0.39, 0.29) is 0 Å². The van der Waals surface area contributed by atoms with Gasteiger partial charge in [0.2, 0.25) is 0 Å². The number of nitrogens with zero attached hydrogens (tertiary/aromatic N) is 1. The van der Waals surface area contributed by atoms with Crippen LogP contribution in [0.1, 0.15) is 24.0 Å². The summed E-state index contributed by atoms with van der Waals surface area (Å²) in [6.45, 7) is 1.93. The summed E-state index contributed by atoms with van der Waals surface area (Å²) >= 11 is 5.80. The van der Waals surface area contributed by atoms with Crippen LogP contribution in [0.2, 0.25) is 0 Å². The zero-order valence-corrected chi connectivity index (χ0v) is 17.1. The van der Waals surface area contributed by atoms with Crippen LogP contribution in [0.25, 0.3) is 0 Å². The molecule has 2 aromatic carbocycles. The van der Waals surface area contributed by atoms with Gasteiger partial charge in [0.05, 0.1) is 26.9 Å². The molecule has 0 spiro atoms. The summed E-state index contributed by atoms with van der Waals surface area (Å²) in [7, 11) is 4.90. The molecule has 1 saturated heterocycles. The monoisotopic (exact) mass is 385 g/mol. The Morgan fingerprint density at radius 3 is 2.11 bits per heavy atom. The summed E-state index contributed by atoms with van der Waals surface area (Å²) in [5.74, 6) is 2.72. The van der Waals surface area contributed by atoms with Crippen LogP contribution in [-0.2, 0) is 6.42 Å². The van der Waals surface area contributed by atoms with Gasteiger partial charge in [0.25, 0.3) is 0 Å². The maximum atomic E-state index is 5.80. The second-order valence-corrected chi connectivity index (χ2v) is 7.22. The third kappa shape index (κ3) is 4.53. The van der Waals surface area contributed by atoms with E-state index in [1.54, 1.807) is 21.3 Å². The van der Waals surface area contributed by atoms with Gasteiger partial charge in [-0.15, -0.1) is 0 Å². The van der Waals surface area contributed by atoms with Crippen LogP contribution < -0.4 is 14.2 Å². The molecule has 0 N–H and O–H groups in total. The maximum absolute atomic E-state index is 5.80. The minimum atomic E-state index is 0.641. The smallest absolute Gasteiger partial charge is 0.164 e.